The molecule has 0 amide bonds. The summed E-state index contributed by atoms with van der Waals surface area (Å²) in [6.07, 6.45) is 1.44. The average molecular weight is 126 g/mol. The molecule has 2 atom stereocenters. The molecule has 0 N–H and O–H groups in total. The molecule has 3 aliphatic rings. The van der Waals surface area contributed by atoms with E-state index < -0.39 is 0 Å². The summed E-state index contributed by atoms with van der Waals surface area (Å²) in [4.78, 5) is 0. The minimum atomic E-state index is -0.136. The summed E-state index contributed by atoms with van der Waals surface area (Å²) in [7, 11) is 0. The summed E-state index contributed by atoms with van der Waals surface area (Å²) in [5.41, 5.74) is -0.136. The lowest BCUT2D eigenvalue weighted by Crippen LogP contribution is -2.56. The van der Waals surface area contributed by atoms with E-state index in [1.807, 2.05) is 6.92 Å². The Hall–Kier alpha value is -0.500. The standard InChI is InChI=1S/C7H10O2/c1-5-7(2)3-6(9-7)4-8-5/h6H,1,3-4H2,2H3. The molecule has 2 bridgehead atoms. The molecule has 3 fully saturated rings. The summed E-state index contributed by atoms with van der Waals surface area (Å²) < 4.78 is 10.7. The van der Waals surface area contributed by atoms with Gasteiger partial charge in [-0.05, 0) is 6.92 Å². The molecule has 0 radical (unpaired) electrons. The van der Waals surface area contributed by atoms with Crippen molar-refractivity contribution in [2.24, 2.45) is 0 Å². The Kier molecular flexibility index (Phi) is 0.776. The topological polar surface area (TPSA) is 18.5 Å². The number of ether oxygens (including phenoxy) is 2. The minimum absolute atomic E-state index is 0.136. The van der Waals surface area contributed by atoms with Crippen LogP contribution in [0.3, 0.4) is 0 Å². The Morgan fingerprint density at radius 1 is 1.78 bits per heavy atom. The third-order valence-corrected chi connectivity index (χ3v) is 2.08. The van der Waals surface area contributed by atoms with Crippen molar-refractivity contribution in [1.82, 2.24) is 0 Å². The van der Waals surface area contributed by atoms with Gasteiger partial charge in [0.05, 0.1) is 6.10 Å². The van der Waals surface area contributed by atoms with Crippen LogP contribution in [-0.2, 0) is 9.47 Å². The van der Waals surface area contributed by atoms with E-state index in [-0.39, 0.29) is 5.60 Å². The lowest BCUT2D eigenvalue weighted by Gasteiger charge is -2.50. The lowest BCUT2D eigenvalue weighted by molar-refractivity contribution is -0.246. The summed E-state index contributed by atoms with van der Waals surface area (Å²) in [5, 5.41) is 0. The summed E-state index contributed by atoms with van der Waals surface area (Å²) in [5.74, 6) is 0.796. The van der Waals surface area contributed by atoms with Crippen molar-refractivity contribution in [2.45, 2.75) is 25.0 Å². The highest BCUT2D eigenvalue weighted by Crippen LogP contribution is 2.42. The van der Waals surface area contributed by atoms with Crippen LogP contribution in [0.2, 0.25) is 0 Å². The molecular formula is C7H10O2. The molecule has 3 saturated heterocycles. The SMILES string of the molecule is C=C1OCC2CC1(C)O2. The highest BCUT2D eigenvalue weighted by Gasteiger charge is 2.49. The molecule has 0 aliphatic carbocycles. The van der Waals surface area contributed by atoms with Gasteiger partial charge >= 0.3 is 0 Å². The highest BCUT2D eigenvalue weighted by atomic mass is 16.6. The van der Waals surface area contributed by atoms with Gasteiger partial charge in [-0.3, -0.25) is 0 Å². The highest BCUT2D eigenvalue weighted by molar-refractivity contribution is 5.14. The van der Waals surface area contributed by atoms with Crippen LogP contribution in [0.4, 0.5) is 0 Å². The summed E-state index contributed by atoms with van der Waals surface area (Å²) >= 11 is 0. The number of rotatable bonds is 0. The van der Waals surface area contributed by atoms with Crippen molar-refractivity contribution < 1.29 is 9.47 Å². The molecule has 9 heavy (non-hydrogen) atoms. The van der Waals surface area contributed by atoms with E-state index in [1.54, 1.807) is 0 Å². The van der Waals surface area contributed by atoms with E-state index >= 15 is 0 Å². The second-order valence-electron chi connectivity index (χ2n) is 2.91. The van der Waals surface area contributed by atoms with Gasteiger partial charge in [-0.2, -0.15) is 0 Å². The van der Waals surface area contributed by atoms with Crippen LogP contribution in [0.1, 0.15) is 13.3 Å². The number of fused-ring (bicyclic) bond motifs is 2. The molecule has 3 aliphatic heterocycles. The Morgan fingerprint density at radius 2 is 2.44 bits per heavy atom. The van der Waals surface area contributed by atoms with E-state index in [0.29, 0.717) is 12.7 Å². The number of hydrogen-bond acceptors (Lipinski definition) is 2. The first kappa shape index (κ1) is 5.30. The van der Waals surface area contributed by atoms with Gasteiger partial charge < -0.3 is 9.47 Å². The second kappa shape index (κ2) is 1.32. The van der Waals surface area contributed by atoms with Crippen molar-refractivity contribution >= 4 is 0 Å². The first-order chi connectivity index (χ1) is 4.21. The molecule has 0 aromatic rings. The van der Waals surface area contributed by atoms with E-state index in [0.717, 1.165) is 12.2 Å². The van der Waals surface area contributed by atoms with E-state index in [1.165, 1.54) is 0 Å². The molecule has 50 valence electrons. The fourth-order valence-corrected chi connectivity index (χ4v) is 1.41. The van der Waals surface area contributed by atoms with Gasteiger partial charge in [-0.15, -0.1) is 0 Å². The van der Waals surface area contributed by atoms with Crippen LogP contribution in [-0.4, -0.2) is 18.3 Å². The maximum Gasteiger partial charge on any atom is 0.125 e. The monoisotopic (exact) mass is 126 g/mol. The maximum atomic E-state index is 5.45. The van der Waals surface area contributed by atoms with Crippen LogP contribution in [0.25, 0.3) is 0 Å². The summed E-state index contributed by atoms with van der Waals surface area (Å²) in [6.45, 7) is 6.48. The van der Waals surface area contributed by atoms with Crippen LogP contribution in [0, 0.1) is 0 Å². The van der Waals surface area contributed by atoms with Crippen LogP contribution >= 0.6 is 0 Å². The molecule has 2 heteroatoms. The van der Waals surface area contributed by atoms with Crippen molar-refractivity contribution in [2.75, 3.05) is 6.61 Å². The van der Waals surface area contributed by atoms with Crippen molar-refractivity contribution in [3.63, 3.8) is 0 Å². The maximum absolute atomic E-state index is 5.45. The molecule has 0 spiro atoms. The largest absolute Gasteiger partial charge is 0.493 e. The Morgan fingerprint density at radius 3 is 2.78 bits per heavy atom. The Balaban J connectivity index is 2.20. The van der Waals surface area contributed by atoms with E-state index in [9.17, 15) is 0 Å². The van der Waals surface area contributed by atoms with Gasteiger partial charge in [-0.1, -0.05) is 6.58 Å². The predicted molar refractivity (Wildman–Crippen MR) is 33.0 cm³/mol. The second-order valence-corrected chi connectivity index (χ2v) is 2.91. The van der Waals surface area contributed by atoms with E-state index in [2.05, 4.69) is 6.58 Å². The average Bonchev–Trinajstić information content (AvgIpc) is 1.73. The fraction of sp³-hybridized carbons (Fsp3) is 0.714. The zero-order valence-corrected chi connectivity index (χ0v) is 5.52. The quantitative estimate of drug-likeness (QED) is 0.483. The van der Waals surface area contributed by atoms with Gasteiger partial charge in [0.2, 0.25) is 0 Å². The van der Waals surface area contributed by atoms with Crippen LogP contribution in [0.5, 0.6) is 0 Å². The van der Waals surface area contributed by atoms with Crippen LogP contribution < -0.4 is 0 Å². The normalized spacial score (nSPS) is 47.7. The van der Waals surface area contributed by atoms with Gasteiger partial charge in [0.25, 0.3) is 0 Å². The molecule has 0 aromatic heterocycles. The Labute approximate surface area is 54.5 Å². The van der Waals surface area contributed by atoms with Gasteiger partial charge in [0.1, 0.15) is 18.0 Å². The Bertz CT molecular complexity index is 156. The summed E-state index contributed by atoms with van der Waals surface area (Å²) in [6, 6.07) is 0. The molecular weight excluding hydrogens is 116 g/mol. The zero-order valence-electron chi connectivity index (χ0n) is 5.52. The zero-order chi connectivity index (χ0) is 6.48. The predicted octanol–water partition coefficient (Wildman–Crippen LogP) is 1.08. The van der Waals surface area contributed by atoms with Crippen LogP contribution in [0.15, 0.2) is 12.3 Å². The lowest BCUT2D eigenvalue weighted by atomic mass is 9.87. The van der Waals surface area contributed by atoms with Crippen molar-refractivity contribution in [3.8, 4) is 0 Å². The molecule has 2 unspecified atom stereocenters. The van der Waals surface area contributed by atoms with Gasteiger partial charge in [-0.25, -0.2) is 0 Å². The van der Waals surface area contributed by atoms with Gasteiger partial charge in [0.15, 0.2) is 0 Å². The molecule has 3 heterocycles. The van der Waals surface area contributed by atoms with Gasteiger partial charge in [0, 0.05) is 6.42 Å². The fourth-order valence-electron chi connectivity index (χ4n) is 1.41. The van der Waals surface area contributed by atoms with Crippen molar-refractivity contribution in [3.05, 3.63) is 12.3 Å². The first-order valence-corrected chi connectivity index (χ1v) is 3.21. The minimum Gasteiger partial charge on any atom is -0.493 e. The third-order valence-electron chi connectivity index (χ3n) is 2.08. The molecule has 2 nitrogen and oxygen atoms in total. The smallest absolute Gasteiger partial charge is 0.125 e. The first-order valence-electron chi connectivity index (χ1n) is 3.21. The molecule has 0 saturated carbocycles. The van der Waals surface area contributed by atoms with E-state index in [4.69, 9.17) is 9.47 Å². The molecule has 3 rings (SSSR count). The molecule has 0 aromatic carbocycles. The number of hydrogen-bond donors (Lipinski definition) is 0. The third kappa shape index (κ3) is 0.540. The van der Waals surface area contributed by atoms with Crippen molar-refractivity contribution in [1.29, 1.82) is 0 Å².